The third kappa shape index (κ3) is 4.30. The summed E-state index contributed by atoms with van der Waals surface area (Å²) in [4.78, 5) is 0.113. The van der Waals surface area contributed by atoms with Crippen molar-refractivity contribution in [3.63, 3.8) is 0 Å². The molecule has 0 spiro atoms. The van der Waals surface area contributed by atoms with Crippen molar-refractivity contribution in [2.24, 2.45) is 5.92 Å². The lowest BCUT2D eigenvalue weighted by Crippen LogP contribution is -2.05. The molecular weight excluding hydrogens is 260 g/mol. The zero-order valence-electron chi connectivity index (χ0n) is 10.2. The predicted molar refractivity (Wildman–Crippen MR) is 68.7 cm³/mol. The van der Waals surface area contributed by atoms with Gasteiger partial charge in [-0.1, -0.05) is 26.0 Å². The predicted octanol–water partition coefficient (Wildman–Crippen LogP) is 3.35. The van der Waals surface area contributed by atoms with E-state index < -0.39 is 9.05 Å². The summed E-state index contributed by atoms with van der Waals surface area (Å²) in [7, 11) is 3.26. The van der Waals surface area contributed by atoms with E-state index in [1.807, 2.05) is 0 Å². The van der Waals surface area contributed by atoms with Gasteiger partial charge in [-0.3, -0.25) is 0 Å². The maximum atomic E-state index is 11.1. The normalized spacial score (nSPS) is 13.9. The Bertz CT molecular complexity index is 451. The highest BCUT2D eigenvalue weighted by Crippen LogP contribution is 2.26. The van der Waals surface area contributed by atoms with Crippen LogP contribution in [0.1, 0.15) is 31.9 Å². The van der Waals surface area contributed by atoms with E-state index in [2.05, 4.69) is 13.8 Å². The molecule has 0 bridgehead atoms. The van der Waals surface area contributed by atoms with E-state index in [1.165, 1.54) is 12.1 Å². The highest BCUT2D eigenvalue weighted by Gasteiger charge is 2.14. The molecule has 0 N–H and O–H groups in total. The molecule has 1 rings (SSSR count). The molecule has 5 heteroatoms. The third-order valence-electron chi connectivity index (χ3n) is 2.50. The SMILES string of the molecule is CO[C@H](CC(C)C)c1ccc(S(=O)(=O)Cl)cc1. The first-order valence-electron chi connectivity index (χ1n) is 5.42. The minimum absolute atomic E-state index is 0.0120. The number of hydrogen-bond acceptors (Lipinski definition) is 3. The largest absolute Gasteiger partial charge is 0.377 e. The van der Waals surface area contributed by atoms with Gasteiger partial charge in [0.25, 0.3) is 9.05 Å². The van der Waals surface area contributed by atoms with Gasteiger partial charge >= 0.3 is 0 Å². The molecule has 1 aromatic rings. The first-order valence-corrected chi connectivity index (χ1v) is 7.73. The summed E-state index contributed by atoms with van der Waals surface area (Å²) in [6.07, 6.45) is 0.880. The third-order valence-corrected chi connectivity index (χ3v) is 3.87. The molecule has 0 aliphatic heterocycles. The van der Waals surface area contributed by atoms with Crippen LogP contribution < -0.4 is 0 Å². The van der Waals surface area contributed by atoms with Gasteiger partial charge in [0.1, 0.15) is 0 Å². The topological polar surface area (TPSA) is 43.4 Å². The van der Waals surface area contributed by atoms with Gasteiger partial charge in [-0.05, 0) is 30.0 Å². The molecule has 0 saturated heterocycles. The van der Waals surface area contributed by atoms with Crippen LogP contribution in [-0.4, -0.2) is 15.5 Å². The fourth-order valence-electron chi connectivity index (χ4n) is 1.64. The van der Waals surface area contributed by atoms with Gasteiger partial charge in [-0.25, -0.2) is 8.42 Å². The lowest BCUT2D eigenvalue weighted by molar-refractivity contribution is 0.0845. The summed E-state index contributed by atoms with van der Waals surface area (Å²) in [5.74, 6) is 0.511. The summed E-state index contributed by atoms with van der Waals surface area (Å²) in [6, 6.07) is 6.49. The number of benzene rings is 1. The number of halogens is 1. The smallest absolute Gasteiger partial charge is 0.261 e. The first kappa shape index (κ1) is 14.5. The second kappa shape index (κ2) is 5.85. The van der Waals surface area contributed by atoms with Gasteiger partial charge in [0.15, 0.2) is 0 Å². The van der Waals surface area contributed by atoms with E-state index in [0.717, 1.165) is 12.0 Å². The molecule has 0 radical (unpaired) electrons. The van der Waals surface area contributed by atoms with Gasteiger partial charge in [0.05, 0.1) is 11.0 Å². The summed E-state index contributed by atoms with van der Waals surface area (Å²) in [5.41, 5.74) is 0.963. The van der Waals surface area contributed by atoms with Gasteiger partial charge in [-0.2, -0.15) is 0 Å². The Morgan fingerprint density at radius 2 is 1.76 bits per heavy atom. The minimum atomic E-state index is -3.64. The zero-order chi connectivity index (χ0) is 13.1. The number of hydrogen-bond donors (Lipinski definition) is 0. The summed E-state index contributed by atoms with van der Waals surface area (Å²) in [6.45, 7) is 4.23. The Balaban J connectivity index is 2.93. The van der Waals surface area contributed by atoms with Crippen LogP contribution in [0.4, 0.5) is 0 Å². The van der Waals surface area contributed by atoms with Crippen LogP contribution in [-0.2, 0) is 13.8 Å². The fourth-order valence-corrected chi connectivity index (χ4v) is 2.41. The van der Waals surface area contributed by atoms with Crippen LogP contribution in [0.3, 0.4) is 0 Å². The second-order valence-electron chi connectivity index (χ2n) is 4.36. The van der Waals surface area contributed by atoms with Crippen molar-refractivity contribution in [2.75, 3.05) is 7.11 Å². The van der Waals surface area contributed by atoms with Gasteiger partial charge in [0.2, 0.25) is 0 Å². The second-order valence-corrected chi connectivity index (χ2v) is 6.93. The van der Waals surface area contributed by atoms with Crippen LogP contribution >= 0.6 is 10.7 Å². The lowest BCUT2D eigenvalue weighted by atomic mass is 9.99. The molecule has 17 heavy (non-hydrogen) atoms. The molecular formula is C12H17ClO3S. The zero-order valence-corrected chi connectivity index (χ0v) is 11.8. The van der Waals surface area contributed by atoms with Crippen LogP contribution in [0.25, 0.3) is 0 Å². The quantitative estimate of drug-likeness (QED) is 0.775. The lowest BCUT2D eigenvalue weighted by Gasteiger charge is -2.17. The van der Waals surface area contributed by atoms with Crippen molar-refractivity contribution in [3.8, 4) is 0 Å². The number of rotatable bonds is 5. The first-order chi connectivity index (χ1) is 7.84. The highest BCUT2D eigenvalue weighted by molar-refractivity contribution is 8.13. The summed E-state index contributed by atoms with van der Waals surface area (Å²) in [5, 5.41) is 0. The molecule has 0 saturated carbocycles. The van der Waals surface area contributed by atoms with Crippen molar-refractivity contribution in [1.82, 2.24) is 0 Å². The Kier molecular flexibility index (Phi) is 4.98. The number of methoxy groups -OCH3 is 1. The molecule has 1 aromatic carbocycles. The molecule has 0 heterocycles. The van der Waals surface area contributed by atoms with Crippen LogP contribution in [0.2, 0.25) is 0 Å². The molecule has 1 atom stereocenters. The van der Waals surface area contributed by atoms with E-state index in [1.54, 1.807) is 19.2 Å². The van der Waals surface area contributed by atoms with Crippen LogP contribution in [0, 0.1) is 5.92 Å². The molecule has 0 aliphatic carbocycles. The van der Waals surface area contributed by atoms with E-state index in [9.17, 15) is 8.42 Å². The standard InChI is InChI=1S/C12H17ClO3S/c1-9(2)8-12(16-3)10-4-6-11(7-5-10)17(13,14)15/h4-7,9,12H,8H2,1-3H3/t12-/m1/s1. The van der Waals surface area contributed by atoms with Crippen molar-refractivity contribution in [3.05, 3.63) is 29.8 Å². The van der Waals surface area contributed by atoms with E-state index in [4.69, 9.17) is 15.4 Å². The van der Waals surface area contributed by atoms with E-state index >= 15 is 0 Å². The molecule has 0 unspecified atom stereocenters. The fraction of sp³-hybridized carbons (Fsp3) is 0.500. The van der Waals surface area contributed by atoms with Gasteiger partial charge in [-0.15, -0.1) is 0 Å². The van der Waals surface area contributed by atoms with Crippen molar-refractivity contribution < 1.29 is 13.2 Å². The van der Waals surface area contributed by atoms with Gasteiger partial charge < -0.3 is 4.74 Å². The molecule has 3 nitrogen and oxygen atoms in total. The average molecular weight is 277 g/mol. The average Bonchev–Trinajstić information content (AvgIpc) is 2.24. The van der Waals surface area contributed by atoms with Crippen molar-refractivity contribution in [1.29, 1.82) is 0 Å². The summed E-state index contributed by atoms with van der Waals surface area (Å²) >= 11 is 0. The molecule has 0 fully saturated rings. The Morgan fingerprint density at radius 1 is 1.24 bits per heavy atom. The monoisotopic (exact) mass is 276 g/mol. The highest BCUT2D eigenvalue weighted by atomic mass is 35.7. The van der Waals surface area contributed by atoms with Crippen molar-refractivity contribution in [2.45, 2.75) is 31.3 Å². The van der Waals surface area contributed by atoms with Gasteiger partial charge in [0, 0.05) is 17.8 Å². The maximum absolute atomic E-state index is 11.1. The number of ether oxygens (including phenoxy) is 1. The Labute approximate surface area is 107 Å². The Morgan fingerprint density at radius 3 is 2.12 bits per heavy atom. The molecule has 0 aromatic heterocycles. The maximum Gasteiger partial charge on any atom is 0.261 e. The Hall–Kier alpha value is -0.580. The summed E-state index contributed by atoms with van der Waals surface area (Å²) < 4.78 is 27.6. The minimum Gasteiger partial charge on any atom is -0.377 e. The molecule has 96 valence electrons. The molecule has 0 aliphatic rings. The van der Waals surface area contributed by atoms with E-state index in [0.29, 0.717) is 5.92 Å². The van der Waals surface area contributed by atoms with E-state index in [-0.39, 0.29) is 11.0 Å². The van der Waals surface area contributed by atoms with Crippen LogP contribution in [0.5, 0.6) is 0 Å². The molecule has 0 amide bonds. The van der Waals surface area contributed by atoms with Crippen LogP contribution in [0.15, 0.2) is 29.2 Å². The van der Waals surface area contributed by atoms with Crippen molar-refractivity contribution >= 4 is 19.7 Å².